The highest BCUT2D eigenvalue weighted by Crippen LogP contribution is 2.28. The fourth-order valence-electron chi connectivity index (χ4n) is 1.14. The zero-order valence-electron chi connectivity index (χ0n) is 9.04. The molecule has 15 heavy (non-hydrogen) atoms. The summed E-state index contributed by atoms with van der Waals surface area (Å²) in [4.78, 5) is 0. The number of nitrogens with two attached hydrogens (primary N) is 1. The maximum absolute atomic E-state index is 5.62. The second kappa shape index (κ2) is 5.82. The Morgan fingerprint density at radius 2 is 2.13 bits per heavy atom. The number of anilines is 1. The van der Waals surface area contributed by atoms with Gasteiger partial charge in [-0.3, -0.25) is 0 Å². The molecule has 0 radical (unpaired) electrons. The highest BCUT2D eigenvalue weighted by molar-refractivity contribution is 5.51. The first-order valence-corrected chi connectivity index (χ1v) is 4.74. The second-order valence-corrected chi connectivity index (χ2v) is 2.94. The Labute approximate surface area is 90.2 Å². The molecule has 3 heteroatoms. The van der Waals surface area contributed by atoms with Crippen molar-refractivity contribution < 1.29 is 9.47 Å². The van der Waals surface area contributed by atoms with Gasteiger partial charge in [0.15, 0.2) is 11.5 Å². The molecule has 0 aromatic heterocycles. The summed E-state index contributed by atoms with van der Waals surface area (Å²) in [6, 6.07) is 5.32. The first kappa shape index (κ1) is 11.3. The van der Waals surface area contributed by atoms with Crippen LogP contribution in [0.5, 0.6) is 11.5 Å². The highest BCUT2D eigenvalue weighted by atomic mass is 16.5. The van der Waals surface area contributed by atoms with E-state index < -0.39 is 0 Å². The van der Waals surface area contributed by atoms with E-state index in [1.54, 1.807) is 25.3 Å². The zero-order chi connectivity index (χ0) is 11.1. The van der Waals surface area contributed by atoms with Gasteiger partial charge in [0.05, 0.1) is 13.7 Å². The lowest BCUT2D eigenvalue weighted by Gasteiger charge is -2.09. The normalized spacial score (nSPS) is 8.93. The molecule has 0 unspecified atom stereocenters. The molecular weight excluding hydrogens is 190 g/mol. The van der Waals surface area contributed by atoms with Crippen molar-refractivity contribution in [2.75, 3.05) is 19.5 Å². The van der Waals surface area contributed by atoms with Crippen LogP contribution < -0.4 is 15.2 Å². The van der Waals surface area contributed by atoms with E-state index in [0.717, 1.165) is 0 Å². The van der Waals surface area contributed by atoms with Gasteiger partial charge in [0.1, 0.15) is 0 Å². The fourth-order valence-corrected chi connectivity index (χ4v) is 1.14. The maximum Gasteiger partial charge on any atom is 0.162 e. The van der Waals surface area contributed by atoms with Gasteiger partial charge in [-0.2, -0.15) is 0 Å². The highest BCUT2D eigenvalue weighted by Gasteiger charge is 2.03. The van der Waals surface area contributed by atoms with Crippen molar-refractivity contribution in [1.82, 2.24) is 0 Å². The number of hydrogen-bond donors (Lipinski definition) is 1. The van der Waals surface area contributed by atoms with E-state index >= 15 is 0 Å². The Balaban J connectivity index is 2.62. The van der Waals surface area contributed by atoms with Gasteiger partial charge in [-0.25, -0.2) is 0 Å². The van der Waals surface area contributed by atoms with E-state index in [1.807, 2.05) is 6.92 Å². The fraction of sp³-hybridized carbons (Fsp3) is 0.333. The van der Waals surface area contributed by atoms with Crippen LogP contribution in [0.25, 0.3) is 0 Å². The molecule has 80 valence electrons. The SMILES string of the molecule is CC#CCCOc1ccc(N)cc1OC. The van der Waals surface area contributed by atoms with E-state index in [4.69, 9.17) is 15.2 Å². The summed E-state index contributed by atoms with van der Waals surface area (Å²) in [5.74, 6) is 7.09. The van der Waals surface area contributed by atoms with E-state index in [0.29, 0.717) is 30.2 Å². The molecule has 0 aliphatic rings. The summed E-state index contributed by atoms with van der Waals surface area (Å²) in [5, 5.41) is 0. The lowest BCUT2D eigenvalue weighted by molar-refractivity contribution is 0.301. The number of hydrogen-bond acceptors (Lipinski definition) is 3. The maximum atomic E-state index is 5.62. The third-order valence-electron chi connectivity index (χ3n) is 1.85. The smallest absolute Gasteiger partial charge is 0.162 e. The predicted molar refractivity (Wildman–Crippen MR) is 61.0 cm³/mol. The van der Waals surface area contributed by atoms with E-state index in [2.05, 4.69) is 11.8 Å². The molecule has 0 fully saturated rings. The van der Waals surface area contributed by atoms with Crippen LogP contribution in [0.1, 0.15) is 13.3 Å². The van der Waals surface area contributed by atoms with Crippen LogP contribution in [0.15, 0.2) is 18.2 Å². The Morgan fingerprint density at radius 3 is 2.80 bits per heavy atom. The van der Waals surface area contributed by atoms with Gasteiger partial charge >= 0.3 is 0 Å². The number of nitrogen functional groups attached to an aromatic ring is 1. The molecule has 0 aliphatic heterocycles. The monoisotopic (exact) mass is 205 g/mol. The molecule has 0 aliphatic carbocycles. The van der Waals surface area contributed by atoms with Gasteiger partial charge in [0, 0.05) is 18.2 Å². The number of methoxy groups -OCH3 is 1. The topological polar surface area (TPSA) is 44.5 Å². The van der Waals surface area contributed by atoms with Crippen LogP contribution in [-0.2, 0) is 0 Å². The minimum atomic E-state index is 0.557. The van der Waals surface area contributed by atoms with Crippen LogP contribution >= 0.6 is 0 Å². The molecule has 0 amide bonds. The Kier molecular flexibility index (Phi) is 4.36. The Hall–Kier alpha value is -1.82. The van der Waals surface area contributed by atoms with Crippen LogP contribution in [0.3, 0.4) is 0 Å². The standard InChI is InChI=1S/C12H15NO2/c1-3-4-5-8-15-11-7-6-10(13)9-12(11)14-2/h6-7,9H,5,8,13H2,1-2H3. The van der Waals surface area contributed by atoms with E-state index in [-0.39, 0.29) is 0 Å². The quantitative estimate of drug-likeness (QED) is 0.465. The van der Waals surface area contributed by atoms with E-state index in [1.165, 1.54) is 0 Å². The lowest BCUT2D eigenvalue weighted by Crippen LogP contribution is -1.99. The van der Waals surface area contributed by atoms with Gasteiger partial charge in [-0.1, -0.05) is 0 Å². The summed E-state index contributed by atoms with van der Waals surface area (Å²) < 4.78 is 10.6. The van der Waals surface area contributed by atoms with Crippen LogP contribution in [0, 0.1) is 11.8 Å². The van der Waals surface area contributed by atoms with Crippen LogP contribution in [0.4, 0.5) is 5.69 Å². The molecule has 0 bridgehead atoms. The van der Waals surface area contributed by atoms with Crippen molar-refractivity contribution in [3.63, 3.8) is 0 Å². The third kappa shape index (κ3) is 3.43. The minimum Gasteiger partial charge on any atom is -0.493 e. The largest absolute Gasteiger partial charge is 0.493 e. The molecular formula is C12H15NO2. The molecule has 1 aromatic carbocycles. The van der Waals surface area contributed by atoms with Crippen molar-refractivity contribution in [2.24, 2.45) is 0 Å². The third-order valence-corrected chi connectivity index (χ3v) is 1.85. The van der Waals surface area contributed by atoms with Crippen molar-refractivity contribution in [1.29, 1.82) is 0 Å². The van der Waals surface area contributed by atoms with Gasteiger partial charge < -0.3 is 15.2 Å². The molecule has 3 nitrogen and oxygen atoms in total. The average Bonchev–Trinajstić information content (AvgIpc) is 2.26. The van der Waals surface area contributed by atoms with Gasteiger partial charge in [0.25, 0.3) is 0 Å². The van der Waals surface area contributed by atoms with Crippen molar-refractivity contribution in [3.8, 4) is 23.3 Å². The summed E-state index contributed by atoms with van der Waals surface area (Å²) in [5.41, 5.74) is 6.28. The molecule has 1 aromatic rings. The summed E-state index contributed by atoms with van der Waals surface area (Å²) in [7, 11) is 1.59. The molecule has 2 N–H and O–H groups in total. The molecule has 0 atom stereocenters. The van der Waals surface area contributed by atoms with Crippen molar-refractivity contribution in [2.45, 2.75) is 13.3 Å². The Bertz CT molecular complexity index is 377. The van der Waals surface area contributed by atoms with Gasteiger partial charge in [0.2, 0.25) is 0 Å². The van der Waals surface area contributed by atoms with Crippen molar-refractivity contribution >= 4 is 5.69 Å². The van der Waals surface area contributed by atoms with Gasteiger partial charge in [-0.05, 0) is 19.1 Å². The molecule has 0 saturated heterocycles. The Morgan fingerprint density at radius 1 is 1.33 bits per heavy atom. The van der Waals surface area contributed by atoms with Crippen molar-refractivity contribution in [3.05, 3.63) is 18.2 Å². The second-order valence-electron chi connectivity index (χ2n) is 2.94. The predicted octanol–water partition coefficient (Wildman–Crippen LogP) is 2.07. The summed E-state index contributed by atoms with van der Waals surface area (Å²) >= 11 is 0. The first-order chi connectivity index (χ1) is 7.27. The molecule has 1 rings (SSSR count). The first-order valence-electron chi connectivity index (χ1n) is 4.74. The molecule has 0 heterocycles. The number of benzene rings is 1. The van der Waals surface area contributed by atoms with Crippen LogP contribution in [0.2, 0.25) is 0 Å². The number of ether oxygens (including phenoxy) is 2. The van der Waals surface area contributed by atoms with E-state index in [9.17, 15) is 0 Å². The summed E-state index contributed by atoms with van der Waals surface area (Å²) in [6.45, 7) is 2.37. The minimum absolute atomic E-state index is 0.557. The average molecular weight is 205 g/mol. The lowest BCUT2D eigenvalue weighted by atomic mass is 10.3. The molecule has 0 saturated carbocycles. The number of rotatable bonds is 4. The van der Waals surface area contributed by atoms with Crippen LogP contribution in [-0.4, -0.2) is 13.7 Å². The zero-order valence-corrected chi connectivity index (χ0v) is 9.04. The summed E-state index contributed by atoms with van der Waals surface area (Å²) in [6.07, 6.45) is 0.712. The molecule has 0 spiro atoms. The van der Waals surface area contributed by atoms with Gasteiger partial charge in [-0.15, -0.1) is 11.8 Å².